The van der Waals surface area contributed by atoms with Gasteiger partial charge in [0.1, 0.15) is 0 Å². The molecule has 2 rings (SSSR count). The molecule has 1 N–H and O–H groups in total. The molecule has 0 aliphatic carbocycles. The molecular formula is C14H18BrN3. The molecule has 0 amide bonds. The number of halogens is 1. The molecule has 1 heterocycles. The van der Waals surface area contributed by atoms with Crippen LogP contribution >= 0.6 is 15.9 Å². The lowest BCUT2D eigenvalue weighted by Crippen LogP contribution is -2.07. The van der Waals surface area contributed by atoms with E-state index >= 15 is 0 Å². The molecule has 0 saturated carbocycles. The molecule has 0 fully saturated rings. The van der Waals surface area contributed by atoms with E-state index in [1.165, 1.54) is 12.0 Å². The van der Waals surface area contributed by atoms with Gasteiger partial charge in [-0.05, 0) is 37.1 Å². The van der Waals surface area contributed by atoms with Crippen molar-refractivity contribution in [3.63, 3.8) is 0 Å². The number of benzene rings is 1. The standard InChI is InChI=1S/C14H18BrN3/c1-3-4-7-16-14-17-8-9-18(14)12-5-6-13(15)11(2)10-12/h5-6,8-10H,3-4,7H2,1-2H3,(H,16,17). The molecule has 0 saturated heterocycles. The average Bonchev–Trinajstić information content (AvgIpc) is 2.81. The summed E-state index contributed by atoms with van der Waals surface area (Å²) in [5.74, 6) is 0.908. The van der Waals surface area contributed by atoms with Gasteiger partial charge in [-0.1, -0.05) is 29.3 Å². The number of imidazole rings is 1. The molecule has 0 radical (unpaired) electrons. The summed E-state index contributed by atoms with van der Waals surface area (Å²) in [5.41, 5.74) is 2.35. The first-order chi connectivity index (χ1) is 8.72. The van der Waals surface area contributed by atoms with Gasteiger partial charge in [-0.2, -0.15) is 0 Å². The molecule has 96 valence electrons. The highest BCUT2D eigenvalue weighted by Gasteiger charge is 2.05. The summed E-state index contributed by atoms with van der Waals surface area (Å²) >= 11 is 3.52. The maximum atomic E-state index is 4.36. The molecule has 2 aromatic rings. The van der Waals surface area contributed by atoms with Crippen molar-refractivity contribution in [2.45, 2.75) is 26.7 Å². The predicted octanol–water partition coefficient (Wildman–Crippen LogP) is 4.16. The number of anilines is 1. The highest BCUT2D eigenvalue weighted by molar-refractivity contribution is 9.10. The summed E-state index contributed by atoms with van der Waals surface area (Å²) in [7, 11) is 0. The molecular weight excluding hydrogens is 290 g/mol. The Morgan fingerprint density at radius 2 is 2.22 bits per heavy atom. The number of nitrogens with one attached hydrogen (secondary N) is 1. The summed E-state index contributed by atoms with van der Waals surface area (Å²) < 4.78 is 3.21. The smallest absolute Gasteiger partial charge is 0.207 e. The molecule has 4 heteroatoms. The highest BCUT2D eigenvalue weighted by atomic mass is 79.9. The minimum absolute atomic E-state index is 0.908. The molecule has 1 aromatic heterocycles. The van der Waals surface area contributed by atoms with Crippen molar-refractivity contribution in [1.29, 1.82) is 0 Å². The van der Waals surface area contributed by atoms with Crippen LogP contribution in [0.1, 0.15) is 25.3 Å². The highest BCUT2D eigenvalue weighted by Crippen LogP contribution is 2.21. The summed E-state index contributed by atoms with van der Waals surface area (Å²) in [6.45, 7) is 5.24. The van der Waals surface area contributed by atoms with Crippen LogP contribution in [0.3, 0.4) is 0 Å². The van der Waals surface area contributed by atoms with Gasteiger partial charge < -0.3 is 5.32 Å². The maximum Gasteiger partial charge on any atom is 0.207 e. The van der Waals surface area contributed by atoms with Gasteiger partial charge in [0.2, 0.25) is 5.95 Å². The van der Waals surface area contributed by atoms with Crippen molar-refractivity contribution in [2.24, 2.45) is 0 Å². The lowest BCUT2D eigenvalue weighted by atomic mass is 10.2. The van der Waals surface area contributed by atoms with E-state index in [0.717, 1.165) is 29.1 Å². The van der Waals surface area contributed by atoms with Crippen LogP contribution in [0.4, 0.5) is 5.95 Å². The van der Waals surface area contributed by atoms with Crippen molar-refractivity contribution in [3.8, 4) is 5.69 Å². The van der Waals surface area contributed by atoms with E-state index < -0.39 is 0 Å². The topological polar surface area (TPSA) is 29.9 Å². The quantitative estimate of drug-likeness (QED) is 0.841. The van der Waals surface area contributed by atoms with Crippen LogP contribution in [0.25, 0.3) is 5.69 Å². The van der Waals surface area contributed by atoms with Gasteiger partial charge in [-0.15, -0.1) is 0 Å². The second kappa shape index (κ2) is 6.05. The molecule has 0 spiro atoms. The molecule has 1 aromatic carbocycles. The monoisotopic (exact) mass is 307 g/mol. The van der Waals surface area contributed by atoms with Gasteiger partial charge in [-0.3, -0.25) is 4.57 Å². The Morgan fingerprint density at radius 3 is 2.94 bits per heavy atom. The van der Waals surface area contributed by atoms with Crippen molar-refractivity contribution < 1.29 is 0 Å². The van der Waals surface area contributed by atoms with Gasteiger partial charge >= 0.3 is 0 Å². The van der Waals surface area contributed by atoms with E-state index in [1.54, 1.807) is 0 Å². The van der Waals surface area contributed by atoms with E-state index in [4.69, 9.17) is 0 Å². The van der Waals surface area contributed by atoms with Crippen molar-refractivity contribution >= 4 is 21.9 Å². The van der Waals surface area contributed by atoms with Crippen LogP contribution in [-0.4, -0.2) is 16.1 Å². The number of aryl methyl sites for hydroxylation is 1. The van der Waals surface area contributed by atoms with Gasteiger partial charge in [-0.25, -0.2) is 4.98 Å². The van der Waals surface area contributed by atoms with Gasteiger partial charge in [0.25, 0.3) is 0 Å². The van der Waals surface area contributed by atoms with Crippen LogP contribution in [0, 0.1) is 6.92 Å². The number of hydrogen-bond donors (Lipinski definition) is 1. The summed E-state index contributed by atoms with van der Waals surface area (Å²) in [4.78, 5) is 4.36. The summed E-state index contributed by atoms with van der Waals surface area (Å²) in [5, 5.41) is 3.37. The normalized spacial score (nSPS) is 10.6. The van der Waals surface area contributed by atoms with Crippen LogP contribution in [0.5, 0.6) is 0 Å². The van der Waals surface area contributed by atoms with Crippen LogP contribution < -0.4 is 5.32 Å². The van der Waals surface area contributed by atoms with E-state index in [2.05, 4.69) is 62.8 Å². The second-order valence-electron chi connectivity index (χ2n) is 4.33. The first kappa shape index (κ1) is 13.1. The SMILES string of the molecule is CCCCNc1nccn1-c1ccc(Br)c(C)c1. The Hall–Kier alpha value is -1.29. The fraction of sp³-hybridized carbons (Fsp3) is 0.357. The number of hydrogen-bond acceptors (Lipinski definition) is 2. The number of rotatable bonds is 5. The third kappa shape index (κ3) is 2.93. The van der Waals surface area contributed by atoms with Gasteiger partial charge in [0.05, 0.1) is 0 Å². The molecule has 18 heavy (non-hydrogen) atoms. The fourth-order valence-corrected chi connectivity index (χ4v) is 2.04. The zero-order chi connectivity index (χ0) is 13.0. The molecule has 0 unspecified atom stereocenters. The Balaban J connectivity index is 2.22. The largest absolute Gasteiger partial charge is 0.355 e. The Bertz CT molecular complexity index is 520. The summed E-state index contributed by atoms with van der Waals surface area (Å²) in [6.07, 6.45) is 6.15. The predicted molar refractivity (Wildman–Crippen MR) is 79.4 cm³/mol. The fourth-order valence-electron chi connectivity index (χ4n) is 1.80. The summed E-state index contributed by atoms with van der Waals surface area (Å²) in [6, 6.07) is 6.31. The van der Waals surface area contributed by atoms with E-state index in [-0.39, 0.29) is 0 Å². The van der Waals surface area contributed by atoms with Crippen molar-refractivity contribution in [2.75, 3.05) is 11.9 Å². The zero-order valence-corrected chi connectivity index (χ0v) is 12.4. The van der Waals surface area contributed by atoms with Crippen LogP contribution in [-0.2, 0) is 0 Å². The molecule has 3 nitrogen and oxygen atoms in total. The second-order valence-corrected chi connectivity index (χ2v) is 5.19. The lowest BCUT2D eigenvalue weighted by Gasteiger charge is -2.10. The number of aromatic nitrogens is 2. The van der Waals surface area contributed by atoms with Crippen molar-refractivity contribution in [3.05, 3.63) is 40.6 Å². The molecule has 0 bridgehead atoms. The van der Waals surface area contributed by atoms with Crippen molar-refractivity contribution in [1.82, 2.24) is 9.55 Å². The number of nitrogens with zero attached hydrogens (tertiary/aromatic N) is 2. The lowest BCUT2D eigenvalue weighted by molar-refractivity contribution is 0.823. The van der Waals surface area contributed by atoms with Crippen LogP contribution in [0.15, 0.2) is 35.1 Å². The van der Waals surface area contributed by atoms with E-state index in [9.17, 15) is 0 Å². The molecule has 0 aliphatic heterocycles. The van der Waals surface area contributed by atoms with Gasteiger partial charge in [0.15, 0.2) is 0 Å². The first-order valence-corrected chi connectivity index (χ1v) is 7.05. The Kier molecular flexibility index (Phi) is 4.42. The third-order valence-electron chi connectivity index (χ3n) is 2.87. The average molecular weight is 308 g/mol. The number of unbranched alkanes of at least 4 members (excludes halogenated alkanes) is 1. The first-order valence-electron chi connectivity index (χ1n) is 6.26. The van der Waals surface area contributed by atoms with Gasteiger partial charge in [0, 0.05) is 29.1 Å². The van der Waals surface area contributed by atoms with E-state index in [0.29, 0.717) is 0 Å². The molecule has 0 atom stereocenters. The zero-order valence-electron chi connectivity index (χ0n) is 10.8. The Morgan fingerprint density at radius 1 is 1.39 bits per heavy atom. The minimum atomic E-state index is 0.908. The maximum absolute atomic E-state index is 4.36. The molecule has 0 aliphatic rings. The Labute approximate surface area is 116 Å². The minimum Gasteiger partial charge on any atom is -0.355 e. The van der Waals surface area contributed by atoms with E-state index in [1.807, 2.05) is 12.4 Å². The van der Waals surface area contributed by atoms with Crippen LogP contribution in [0.2, 0.25) is 0 Å². The third-order valence-corrected chi connectivity index (χ3v) is 3.76.